The molecule has 0 aliphatic carbocycles. The molecule has 0 radical (unpaired) electrons. The van der Waals surface area contributed by atoms with Gasteiger partial charge in [0.2, 0.25) is 0 Å². The van der Waals surface area contributed by atoms with E-state index in [4.69, 9.17) is 0 Å². The number of ketones is 1. The minimum absolute atomic E-state index is 0.261. The average molecular weight is 361 g/mol. The molecule has 2 aromatic carbocycles. The van der Waals surface area contributed by atoms with Gasteiger partial charge in [0.1, 0.15) is 5.78 Å². The lowest BCUT2D eigenvalue weighted by atomic mass is 9.97. The highest BCUT2D eigenvalue weighted by molar-refractivity contribution is 5.81. The summed E-state index contributed by atoms with van der Waals surface area (Å²) in [6.07, 6.45) is 4.98. The van der Waals surface area contributed by atoms with Crippen molar-refractivity contribution in [1.82, 2.24) is 10.2 Å². The SMILES string of the molecule is CCCCc1c(-c2ccccc2)n[nH]c1CC(=O)CCc1ccc(C)cc1. The molecule has 3 nitrogen and oxygen atoms in total. The summed E-state index contributed by atoms with van der Waals surface area (Å²) in [4.78, 5) is 12.6. The largest absolute Gasteiger partial charge is 0.299 e. The molecule has 1 aromatic heterocycles. The lowest BCUT2D eigenvalue weighted by Crippen LogP contribution is -2.07. The van der Waals surface area contributed by atoms with E-state index in [2.05, 4.69) is 60.4 Å². The third kappa shape index (κ3) is 5.16. The molecule has 1 N–H and O–H groups in total. The standard InChI is InChI=1S/C24H28N2O/c1-3-4-10-22-23(25-26-24(22)20-8-6-5-7-9-20)17-21(27)16-15-19-13-11-18(2)12-14-19/h5-9,11-14H,3-4,10,15-17H2,1-2H3,(H,25,26). The maximum atomic E-state index is 12.6. The first-order valence-electron chi connectivity index (χ1n) is 9.86. The fourth-order valence-corrected chi connectivity index (χ4v) is 3.33. The molecule has 0 aliphatic rings. The normalized spacial score (nSPS) is 10.9. The number of H-pyrrole nitrogens is 1. The number of carbonyl (C=O) groups is 1. The highest BCUT2D eigenvalue weighted by Crippen LogP contribution is 2.26. The molecular formula is C24H28N2O. The van der Waals surface area contributed by atoms with Crippen molar-refractivity contribution in [3.63, 3.8) is 0 Å². The Hall–Kier alpha value is -2.68. The summed E-state index contributed by atoms with van der Waals surface area (Å²) in [5.74, 6) is 0.261. The number of benzene rings is 2. The van der Waals surface area contributed by atoms with Gasteiger partial charge in [0.05, 0.1) is 5.69 Å². The molecule has 1 heterocycles. The monoisotopic (exact) mass is 360 g/mol. The molecular weight excluding hydrogens is 332 g/mol. The van der Waals surface area contributed by atoms with Gasteiger partial charge in [0.15, 0.2) is 0 Å². The molecule has 3 heteroatoms. The summed E-state index contributed by atoms with van der Waals surface area (Å²) in [7, 11) is 0. The minimum atomic E-state index is 0.261. The number of Topliss-reactive ketones (excluding diaryl/α,β-unsaturated/α-hetero) is 1. The number of aromatic amines is 1. The zero-order valence-corrected chi connectivity index (χ0v) is 16.3. The zero-order chi connectivity index (χ0) is 19.1. The second kappa shape index (κ2) is 9.31. The van der Waals surface area contributed by atoms with E-state index in [-0.39, 0.29) is 5.78 Å². The van der Waals surface area contributed by atoms with Crippen LogP contribution in [0.25, 0.3) is 11.3 Å². The second-order valence-electron chi connectivity index (χ2n) is 7.20. The molecule has 0 spiro atoms. The first-order valence-corrected chi connectivity index (χ1v) is 9.86. The van der Waals surface area contributed by atoms with Gasteiger partial charge in [-0.1, -0.05) is 73.5 Å². The van der Waals surface area contributed by atoms with Crippen molar-refractivity contribution in [2.75, 3.05) is 0 Å². The van der Waals surface area contributed by atoms with Crippen molar-refractivity contribution >= 4 is 5.78 Å². The van der Waals surface area contributed by atoms with Gasteiger partial charge in [-0.2, -0.15) is 5.10 Å². The summed E-state index contributed by atoms with van der Waals surface area (Å²) >= 11 is 0. The summed E-state index contributed by atoms with van der Waals surface area (Å²) in [6.45, 7) is 4.27. The van der Waals surface area contributed by atoms with Crippen LogP contribution in [0.2, 0.25) is 0 Å². The van der Waals surface area contributed by atoms with Crippen LogP contribution in [0.3, 0.4) is 0 Å². The smallest absolute Gasteiger partial charge is 0.139 e. The highest BCUT2D eigenvalue weighted by atomic mass is 16.1. The number of unbranched alkanes of at least 4 members (excludes halogenated alkanes) is 1. The van der Waals surface area contributed by atoms with Crippen molar-refractivity contribution in [2.45, 2.75) is 52.4 Å². The van der Waals surface area contributed by atoms with E-state index < -0.39 is 0 Å². The third-order valence-electron chi connectivity index (χ3n) is 4.97. The molecule has 3 aromatic rings. The minimum Gasteiger partial charge on any atom is -0.299 e. The number of rotatable bonds is 9. The Balaban J connectivity index is 1.70. The molecule has 0 bridgehead atoms. The van der Waals surface area contributed by atoms with Gasteiger partial charge in [-0.05, 0) is 31.7 Å². The van der Waals surface area contributed by atoms with E-state index in [1.807, 2.05) is 18.2 Å². The van der Waals surface area contributed by atoms with Gasteiger partial charge in [-0.3, -0.25) is 9.89 Å². The Morgan fingerprint density at radius 1 is 1.00 bits per heavy atom. The van der Waals surface area contributed by atoms with Crippen LogP contribution in [0, 0.1) is 6.92 Å². The van der Waals surface area contributed by atoms with Gasteiger partial charge >= 0.3 is 0 Å². The summed E-state index contributed by atoms with van der Waals surface area (Å²) in [6, 6.07) is 18.6. The zero-order valence-electron chi connectivity index (χ0n) is 16.3. The van der Waals surface area contributed by atoms with Crippen LogP contribution in [-0.2, 0) is 24.1 Å². The Morgan fingerprint density at radius 2 is 1.74 bits per heavy atom. The van der Waals surface area contributed by atoms with Gasteiger partial charge in [0.25, 0.3) is 0 Å². The quantitative estimate of drug-likeness (QED) is 0.550. The van der Waals surface area contributed by atoms with Crippen LogP contribution < -0.4 is 0 Å². The molecule has 3 rings (SSSR count). The van der Waals surface area contributed by atoms with Crippen molar-refractivity contribution < 1.29 is 4.79 Å². The molecule has 0 fully saturated rings. The van der Waals surface area contributed by atoms with Gasteiger partial charge in [0, 0.05) is 29.7 Å². The number of aromatic nitrogens is 2. The summed E-state index contributed by atoms with van der Waals surface area (Å²) < 4.78 is 0. The van der Waals surface area contributed by atoms with E-state index in [0.29, 0.717) is 12.8 Å². The molecule has 0 saturated heterocycles. The van der Waals surface area contributed by atoms with Gasteiger partial charge in [-0.25, -0.2) is 0 Å². The fourth-order valence-electron chi connectivity index (χ4n) is 3.33. The van der Waals surface area contributed by atoms with E-state index in [9.17, 15) is 4.79 Å². The third-order valence-corrected chi connectivity index (χ3v) is 4.97. The van der Waals surface area contributed by atoms with Crippen LogP contribution in [-0.4, -0.2) is 16.0 Å². The Labute approximate surface area is 161 Å². The number of nitrogens with one attached hydrogen (secondary N) is 1. The Kier molecular flexibility index (Phi) is 6.59. The number of nitrogens with zero attached hydrogens (tertiary/aromatic N) is 1. The lowest BCUT2D eigenvalue weighted by molar-refractivity contribution is -0.118. The van der Waals surface area contributed by atoms with E-state index in [1.54, 1.807) is 0 Å². The van der Waals surface area contributed by atoms with Crippen LogP contribution in [0.4, 0.5) is 0 Å². The first kappa shape index (κ1) is 19.1. The molecule has 0 aliphatic heterocycles. The van der Waals surface area contributed by atoms with Crippen LogP contribution in [0.5, 0.6) is 0 Å². The van der Waals surface area contributed by atoms with Crippen molar-refractivity contribution in [2.24, 2.45) is 0 Å². The first-order chi connectivity index (χ1) is 13.2. The number of hydrogen-bond donors (Lipinski definition) is 1. The van der Waals surface area contributed by atoms with Gasteiger partial charge in [-0.15, -0.1) is 0 Å². The van der Waals surface area contributed by atoms with E-state index in [1.165, 1.54) is 16.7 Å². The maximum Gasteiger partial charge on any atom is 0.139 e. The molecule has 0 atom stereocenters. The summed E-state index contributed by atoms with van der Waals surface area (Å²) in [5.41, 5.74) is 6.75. The van der Waals surface area contributed by atoms with Crippen LogP contribution in [0.1, 0.15) is 48.6 Å². The topological polar surface area (TPSA) is 45.8 Å². The van der Waals surface area contributed by atoms with Crippen LogP contribution in [0.15, 0.2) is 54.6 Å². The van der Waals surface area contributed by atoms with Crippen molar-refractivity contribution in [3.05, 3.63) is 77.0 Å². The average Bonchev–Trinajstić information content (AvgIpc) is 3.09. The summed E-state index contributed by atoms with van der Waals surface area (Å²) in [5, 5.41) is 7.69. The number of hydrogen-bond acceptors (Lipinski definition) is 2. The molecule has 140 valence electrons. The number of carbonyl (C=O) groups excluding carboxylic acids is 1. The Morgan fingerprint density at radius 3 is 2.44 bits per heavy atom. The van der Waals surface area contributed by atoms with E-state index >= 15 is 0 Å². The highest BCUT2D eigenvalue weighted by Gasteiger charge is 2.16. The van der Waals surface area contributed by atoms with Crippen molar-refractivity contribution in [1.29, 1.82) is 0 Å². The van der Waals surface area contributed by atoms with Gasteiger partial charge < -0.3 is 0 Å². The molecule has 0 amide bonds. The maximum absolute atomic E-state index is 12.6. The second-order valence-corrected chi connectivity index (χ2v) is 7.20. The Bertz CT molecular complexity index is 863. The fraction of sp³-hybridized carbons (Fsp3) is 0.333. The lowest BCUT2D eigenvalue weighted by Gasteiger charge is -2.06. The molecule has 0 unspecified atom stereocenters. The molecule has 0 saturated carbocycles. The van der Waals surface area contributed by atoms with Crippen molar-refractivity contribution in [3.8, 4) is 11.3 Å². The van der Waals surface area contributed by atoms with Crippen LogP contribution >= 0.6 is 0 Å². The predicted molar refractivity (Wildman–Crippen MR) is 111 cm³/mol. The molecule has 27 heavy (non-hydrogen) atoms. The number of aryl methyl sites for hydroxylation is 2. The predicted octanol–water partition coefficient (Wildman–Crippen LogP) is 5.47. The van der Waals surface area contributed by atoms with E-state index in [0.717, 1.165) is 42.6 Å².